The van der Waals surface area contributed by atoms with Crippen LogP contribution in [0.5, 0.6) is 0 Å². The first-order valence-electron chi connectivity index (χ1n) is 0. The summed E-state index contributed by atoms with van der Waals surface area (Å²) in [5.41, 5.74) is 0. The van der Waals surface area contributed by atoms with Crippen LogP contribution in [0.4, 0.5) is 0 Å². The summed E-state index contributed by atoms with van der Waals surface area (Å²) in [6, 6.07) is 0. The average molecular weight is 466 g/mol. The van der Waals surface area contributed by atoms with Crippen molar-refractivity contribution in [2.75, 3.05) is 0 Å². The van der Waals surface area contributed by atoms with Crippen LogP contribution in [0.25, 0.3) is 0 Å². The van der Waals surface area contributed by atoms with E-state index in [2.05, 4.69) is 0 Å². The summed E-state index contributed by atoms with van der Waals surface area (Å²) in [6.45, 7) is 0. The minimum atomic E-state index is 0. The van der Waals surface area contributed by atoms with E-state index in [0.29, 0.717) is 0 Å². The maximum atomic E-state index is 0. The van der Waals surface area contributed by atoms with E-state index < -0.39 is 0 Å². The molecule has 0 aromatic heterocycles. The molecule has 0 aliphatic rings. The molecule has 0 atom stereocenters. The van der Waals surface area contributed by atoms with Gasteiger partial charge in [0.1, 0.15) is 0 Å². The van der Waals surface area contributed by atoms with Crippen molar-refractivity contribution in [1.82, 2.24) is 0 Å². The summed E-state index contributed by atoms with van der Waals surface area (Å²) >= 11 is 0. The number of hydrogen-bond acceptors (Lipinski definition) is 0. The molecule has 0 aromatic rings. The Balaban J connectivity index is 0. The van der Waals surface area contributed by atoms with Crippen LogP contribution in [0.15, 0.2) is 0 Å². The van der Waals surface area contributed by atoms with Crippen LogP contribution in [0.3, 0.4) is 0 Å². The quantitative estimate of drug-likeness (QED) is 0.325. The van der Waals surface area contributed by atoms with Crippen molar-refractivity contribution in [3.63, 3.8) is 0 Å². The standard InChI is InChI=1S/Bi.Cu.Ga.In.9H. The predicted octanol–water partition coefficient (Wildman–Crippen LogP) is -3.55. The Kier molecular flexibility index (Phi) is 120. The second-order valence-electron chi connectivity index (χ2n) is 0. The van der Waals surface area contributed by atoms with Crippen molar-refractivity contribution >= 4 is 71.8 Å². The Morgan fingerprint density at radius 3 is 1.00 bits per heavy atom. The second-order valence-corrected chi connectivity index (χ2v) is 0. The molecular formula is H9BiCuGaIn. The molecule has 0 aliphatic carbocycles. The van der Waals surface area contributed by atoms with Gasteiger partial charge < -0.3 is 0 Å². The van der Waals surface area contributed by atoms with Crippen molar-refractivity contribution in [3.8, 4) is 0 Å². The van der Waals surface area contributed by atoms with E-state index in [0.717, 1.165) is 0 Å². The molecule has 0 N–H and O–H groups in total. The first kappa shape index (κ1) is 28.5. The molecule has 4 heavy (non-hydrogen) atoms. The summed E-state index contributed by atoms with van der Waals surface area (Å²) in [7, 11) is 0. The zero-order valence-electron chi connectivity index (χ0n) is 1.01. The van der Waals surface area contributed by atoms with Crippen molar-refractivity contribution in [3.05, 3.63) is 0 Å². The molecule has 0 bridgehead atoms. The molecule has 0 spiro atoms. The van der Waals surface area contributed by atoms with Gasteiger partial charge in [-0.15, -0.1) is 0 Å². The third-order valence-corrected chi connectivity index (χ3v) is 0. The molecule has 4 heteroatoms. The first-order chi connectivity index (χ1) is 0. The van der Waals surface area contributed by atoms with Gasteiger partial charge in [-0.2, -0.15) is 0 Å². The van der Waals surface area contributed by atoms with E-state index >= 15 is 0 Å². The molecule has 0 aromatic carbocycles. The van der Waals surface area contributed by atoms with Crippen molar-refractivity contribution in [2.45, 2.75) is 0 Å². The molecule has 0 aliphatic heterocycles. The van der Waals surface area contributed by atoms with E-state index in [-0.39, 0.29) is 88.9 Å². The van der Waals surface area contributed by atoms with Crippen molar-refractivity contribution in [2.24, 2.45) is 0 Å². The van der Waals surface area contributed by atoms with Gasteiger partial charge in [-0.25, -0.2) is 0 Å². The number of hydrogen-bond donors (Lipinski definition) is 0. The molecule has 0 saturated heterocycles. The van der Waals surface area contributed by atoms with Gasteiger partial charge in [0, 0.05) is 17.1 Å². The molecule has 0 nitrogen and oxygen atoms in total. The Morgan fingerprint density at radius 2 is 1.00 bits per heavy atom. The molecule has 31 valence electrons. The third-order valence-electron chi connectivity index (χ3n) is 0. The fourth-order valence-electron chi connectivity index (χ4n) is 0. The Morgan fingerprint density at radius 1 is 1.00 bits per heavy atom. The van der Waals surface area contributed by atoms with Crippen LogP contribution in [0.1, 0.15) is 0 Å². The molecule has 0 rings (SSSR count). The monoisotopic (exact) mass is 465 g/mol. The van der Waals surface area contributed by atoms with Gasteiger partial charge in [0.2, 0.25) is 0 Å². The van der Waals surface area contributed by atoms with Gasteiger partial charge in [-0.1, -0.05) is 0 Å². The Bertz CT molecular complexity index is 8.00. The van der Waals surface area contributed by atoms with Gasteiger partial charge >= 0.3 is 71.8 Å². The Labute approximate surface area is 87.3 Å². The second kappa shape index (κ2) is 16.8. The van der Waals surface area contributed by atoms with Gasteiger partial charge in [0.25, 0.3) is 0 Å². The predicted molar refractivity (Wildman–Crippen MR) is 29.8 cm³/mol. The molecular weight excluding hydrogens is 457 g/mol. The average Bonchev–Trinajstić information content (AvgIpc) is 0. The van der Waals surface area contributed by atoms with E-state index in [1.807, 2.05) is 0 Å². The summed E-state index contributed by atoms with van der Waals surface area (Å²) in [6.07, 6.45) is 0. The molecule has 0 heterocycles. The molecule has 0 saturated carbocycles. The van der Waals surface area contributed by atoms with Crippen LogP contribution in [-0.2, 0) is 17.1 Å². The van der Waals surface area contributed by atoms with Crippen LogP contribution < -0.4 is 0 Å². The van der Waals surface area contributed by atoms with Gasteiger partial charge in [-0.05, 0) is 0 Å². The molecule has 1 radical (unpaired) electrons. The topological polar surface area (TPSA) is 0 Å². The van der Waals surface area contributed by atoms with E-state index in [1.165, 1.54) is 0 Å². The first-order valence-corrected chi connectivity index (χ1v) is 0. The number of rotatable bonds is 0. The van der Waals surface area contributed by atoms with Gasteiger partial charge in [-0.3, -0.25) is 0 Å². The van der Waals surface area contributed by atoms with E-state index in [1.54, 1.807) is 0 Å². The summed E-state index contributed by atoms with van der Waals surface area (Å²) in [4.78, 5) is 0. The molecule has 0 unspecified atom stereocenters. The summed E-state index contributed by atoms with van der Waals surface area (Å²) in [5, 5.41) is 0. The van der Waals surface area contributed by atoms with E-state index in [4.69, 9.17) is 0 Å². The van der Waals surface area contributed by atoms with Gasteiger partial charge in [0.15, 0.2) is 0 Å². The van der Waals surface area contributed by atoms with E-state index in [9.17, 15) is 0 Å². The van der Waals surface area contributed by atoms with Crippen LogP contribution in [-0.4, -0.2) is 71.8 Å². The molecule has 0 amide bonds. The molecule has 0 fully saturated rings. The van der Waals surface area contributed by atoms with Crippen molar-refractivity contribution < 1.29 is 17.1 Å². The zero-order chi connectivity index (χ0) is 0. The summed E-state index contributed by atoms with van der Waals surface area (Å²) in [5.74, 6) is 0. The normalized spacial score (nSPS) is 0. The zero-order valence-corrected chi connectivity index (χ0v) is 7.45. The Hall–Kier alpha value is 2.91. The van der Waals surface area contributed by atoms with Crippen LogP contribution in [0, 0.1) is 0 Å². The van der Waals surface area contributed by atoms with Gasteiger partial charge in [0.05, 0.1) is 0 Å². The third kappa shape index (κ3) is 8.86. The fourth-order valence-corrected chi connectivity index (χ4v) is 0. The van der Waals surface area contributed by atoms with Crippen LogP contribution >= 0.6 is 0 Å². The van der Waals surface area contributed by atoms with Crippen LogP contribution in [0.2, 0.25) is 0 Å². The SMILES string of the molecule is [BiH3].[Cu].[GaH3].[InH3]. The fraction of sp³-hybridized carbons (Fsp3) is 0. The minimum absolute atomic E-state index is 0. The summed E-state index contributed by atoms with van der Waals surface area (Å²) < 4.78 is 0. The van der Waals surface area contributed by atoms with Crippen molar-refractivity contribution in [1.29, 1.82) is 0 Å². The maximum absolute atomic E-state index is 0.